The maximum atomic E-state index is 8.28. The molecule has 1 rings (SSSR count). The van der Waals surface area contributed by atoms with Crippen molar-refractivity contribution in [2.24, 2.45) is 5.16 Å². The van der Waals surface area contributed by atoms with Crippen molar-refractivity contribution in [1.82, 2.24) is 0 Å². The molecule has 0 aromatic heterocycles. The molecular formula is C9H6Cl2N2O. The lowest BCUT2D eigenvalue weighted by Crippen LogP contribution is -1.95. The van der Waals surface area contributed by atoms with Gasteiger partial charge in [-0.1, -0.05) is 46.6 Å². The summed E-state index contributed by atoms with van der Waals surface area (Å²) < 4.78 is 0. The summed E-state index contributed by atoms with van der Waals surface area (Å²) in [6.07, 6.45) is 1.40. The zero-order chi connectivity index (χ0) is 10.4. The normalized spacial score (nSPS) is 12.4. The van der Waals surface area contributed by atoms with Crippen LogP contribution in [0.3, 0.4) is 0 Å². The van der Waals surface area contributed by atoms with Crippen LogP contribution >= 0.6 is 23.2 Å². The summed E-state index contributed by atoms with van der Waals surface area (Å²) in [7, 11) is 0. The molecule has 1 aromatic rings. The Morgan fingerprint density at radius 2 is 2.21 bits per heavy atom. The van der Waals surface area contributed by atoms with Crippen LogP contribution in [0, 0.1) is 11.3 Å². The zero-order valence-corrected chi connectivity index (χ0v) is 8.53. The summed E-state index contributed by atoms with van der Waals surface area (Å²) in [5.74, 6) is 0. The molecule has 0 aliphatic heterocycles. The van der Waals surface area contributed by atoms with Crippen LogP contribution in [0.25, 0.3) is 0 Å². The zero-order valence-electron chi connectivity index (χ0n) is 7.02. The number of rotatable bonds is 3. The highest BCUT2D eigenvalue weighted by Gasteiger charge is 1.99. The number of benzene rings is 1. The van der Waals surface area contributed by atoms with Crippen molar-refractivity contribution in [2.45, 2.75) is 5.56 Å². The molecule has 0 aliphatic rings. The maximum absolute atomic E-state index is 8.28. The fourth-order valence-electron chi connectivity index (χ4n) is 0.744. The molecule has 0 saturated heterocycles. The second-order valence-electron chi connectivity index (χ2n) is 2.31. The van der Waals surface area contributed by atoms with Gasteiger partial charge in [-0.3, -0.25) is 0 Å². The smallest absolute Gasteiger partial charge is 0.285 e. The molecule has 0 bridgehead atoms. The van der Waals surface area contributed by atoms with Gasteiger partial charge in [0, 0.05) is 10.6 Å². The first-order chi connectivity index (χ1) is 6.74. The number of alkyl halides is 1. The van der Waals surface area contributed by atoms with Gasteiger partial charge in [0.25, 0.3) is 5.56 Å². The Bertz CT molecular complexity index is 373. The highest BCUT2D eigenvalue weighted by molar-refractivity contribution is 6.33. The van der Waals surface area contributed by atoms with Crippen molar-refractivity contribution in [3.05, 3.63) is 34.9 Å². The average molecular weight is 229 g/mol. The molecule has 14 heavy (non-hydrogen) atoms. The summed E-state index contributed by atoms with van der Waals surface area (Å²) in [4.78, 5) is 4.57. The van der Waals surface area contributed by atoms with E-state index < -0.39 is 5.56 Å². The Kier molecular flexibility index (Phi) is 4.24. The quantitative estimate of drug-likeness (QED) is 0.454. The van der Waals surface area contributed by atoms with Crippen LogP contribution in [0.1, 0.15) is 5.56 Å². The molecule has 3 nitrogen and oxygen atoms in total. The van der Waals surface area contributed by atoms with Gasteiger partial charge in [0.15, 0.2) is 0 Å². The Morgan fingerprint density at radius 1 is 1.50 bits per heavy atom. The van der Waals surface area contributed by atoms with Crippen LogP contribution in [-0.2, 0) is 4.84 Å². The minimum Gasteiger partial charge on any atom is -0.361 e. The Hall–Kier alpha value is -1.24. The minimum atomic E-state index is -1.08. The van der Waals surface area contributed by atoms with Crippen LogP contribution < -0.4 is 0 Å². The van der Waals surface area contributed by atoms with E-state index in [1.54, 1.807) is 24.3 Å². The Balaban J connectivity index is 2.61. The van der Waals surface area contributed by atoms with Crippen LogP contribution in [0.5, 0.6) is 0 Å². The number of oxime groups is 1. The van der Waals surface area contributed by atoms with Crippen LogP contribution in [0.2, 0.25) is 5.02 Å². The van der Waals surface area contributed by atoms with Crippen molar-refractivity contribution in [1.29, 1.82) is 5.26 Å². The van der Waals surface area contributed by atoms with E-state index in [2.05, 4.69) is 9.99 Å². The van der Waals surface area contributed by atoms with Gasteiger partial charge in [0.1, 0.15) is 6.07 Å². The number of hydrogen-bond acceptors (Lipinski definition) is 3. The van der Waals surface area contributed by atoms with Gasteiger partial charge in [0.2, 0.25) is 0 Å². The van der Waals surface area contributed by atoms with Crippen molar-refractivity contribution in [3.63, 3.8) is 0 Å². The predicted octanol–water partition coefficient (Wildman–Crippen LogP) is 2.78. The van der Waals surface area contributed by atoms with Gasteiger partial charge < -0.3 is 4.84 Å². The van der Waals surface area contributed by atoms with E-state index in [1.165, 1.54) is 6.21 Å². The van der Waals surface area contributed by atoms with Gasteiger partial charge in [-0.05, 0) is 6.07 Å². The standard InChI is InChI=1S/C9H6Cl2N2O/c10-8-4-2-1-3-7(8)6-13-14-9(11)5-12/h1-4,6,9H. The Morgan fingerprint density at radius 3 is 2.86 bits per heavy atom. The van der Waals surface area contributed by atoms with E-state index in [1.807, 2.05) is 6.07 Å². The highest BCUT2D eigenvalue weighted by atomic mass is 35.5. The molecule has 0 radical (unpaired) electrons. The highest BCUT2D eigenvalue weighted by Crippen LogP contribution is 2.12. The number of hydrogen-bond donors (Lipinski definition) is 0. The summed E-state index contributed by atoms with van der Waals surface area (Å²) in [5, 5.41) is 12.3. The van der Waals surface area contributed by atoms with Crippen LogP contribution in [0.4, 0.5) is 0 Å². The van der Waals surface area contributed by atoms with Crippen molar-refractivity contribution >= 4 is 29.4 Å². The molecule has 1 aromatic carbocycles. The molecule has 0 aliphatic carbocycles. The number of halogens is 2. The topological polar surface area (TPSA) is 45.4 Å². The Labute approximate surface area is 91.5 Å². The van der Waals surface area contributed by atoms with Crippen molar-refractivity contribution in [3.8, 4) is 6.07 Å². The summed E-state index contributed by atoms with van der Waals surface area (Å²) in [5.41, 5.74) is -0.371. The van der Waals surface area contributed by atoms with Gasteiger partial charge in [-0.15, -0.1) is 0 Å². The second kappa shape index (κ2) is 5.48. The lowest BCUT2D eigenvalue weighted by molar-refractivity contribution is 0.152. The van der Waals surface area contributed by atoms with E-state index in [9.17, 15) is 0 Å². The SMILES string of the molecule is N#CC(Cl)ON=Cc1ccccc1Cl. The monoisotopic (exact) mass is 228 g/mol. The molecule has 5 heteroatoms. The predicted molar refractivity (Wildman–Crippen MR) is 55.4 cm³/mol. The molecule has 0 amide bonds. The van der Waals surface area contributed by atoms with Crippen LogP contribution in [-0.4, -0.2) is 11.8 Å². The molecular weight excluding hydrogens is 223 g/mol. The third kappa shape index (κ3) is 3.25. The van der Waals surface area contributed by atoms with Crippen LogP contribution in [0.15, 0.2) is 29.4 Å². The third-order valence-electron chi connectivity index (χ3n) is 1.35. The largest absolute Gasteiger partial charge is 0.361 e. The summed E-state index contributed by atoms with van der Waals surface area (Å²) >= 11 is 11.2. The fourth-order valence-corrected chi connectivity index (χ4v) is 0.975. The lowest BCUT2D eigenvalue weighted by atomic mass is 10.2. The van der Waals surface area contributed by atoms with Crippen molar-refractivity contribution in [2.75, 3.05) is 0 Å². The third-order valence-corrected chi connectivity index (χ3v) is 1.87. The van der Waals surface area contributed by atoms with E-state index in [-0.39, 0.29) is 0 Å². The van der Waals surface area contributed by atoms with Crippen molar-refractivity contribution < 1.29 is 4.84 Å². The molecule has 72 valence electrons. The molecule has 0 saturated carbocycles. The lowest BCUT2D eigenvalue weighted by Gasteiger charge is -1.97. The first kappa shape index (κ1) is 10.8. The van der Waals surface area contributed by atoms with Gasteiger partial charge in [0.05, 0.1) is 6.21 Å². The maximum Gasteiger partial charge on any atom is 0.285 e. The van der Waals surface area contributed by atoms with E-state index >= 15 is 0 Å². The first-order valence-corrected chi connectivity index (χ1v) is 4.53. The minimum absolute atomic E-state index is 0.558. The molecule has 0 heterocycles. The molecule has 1 atom stereocenters. The van der Waals surface area contributed by atoms with Gasteiger partial charge in [-0.2, -0.15) is 5.26 Å². The van der Waals surface area contributed by atoms with E-state index in [4.69, 9.17) is 28.5 Å². The molecule has 0 fully saturated rings. The molecule has 1 unspecified atom stereocenters. The average Bonchev–Trinajstić information content (AvgIpc) is 2.20. The van der Waals surface area contributed by atoms with E-state index in [0.29, 0.717) is 10.6 Å². The second-order valence-corrected chi connectivity index (χ2v) is 3.11. The summed E-state index contributed by atoms with van der Waals surface area (Å²) in [6, 6.07) is 8.78. The number of nitrogens with zero attached hydrogens (tertiary/aromatic N) is 2. The molecule has 0 N–H and O–H groups in total. The molecule has 0 spiro atoms. The van der Waals surface area contributed by atoms with Gasteiger partial charge >= 0.3 is 0 Å². The number of nitriles is 1. The first-order valence-electron chi connectivity index (χ1n) is 3.71. The summed E-state index contributed by atoms with van der Waals surface area (Å²) in [6.45, 7) is 0. The van der Waals surface area contributed by atoms with Gasteiger partial charge in [-0.25, -0.2) is 0 Å². The van der Waals surface area contributed by atoms with E-state index in [0.717, 1.165) is 0 Å². The fraction of sp³-hybridized carbons (Fsp3) is 0.111.